The summed E-state index contributed by atoms with van der Waals surface area (Å²) in [5.41, 5.74) is 0.943. The van der Waals surface area contributed by atoms with Gasteiger partial charge in [0.25, 0.3) is 17.1 Å². The van der Waals surface area contributed by atoms with Crippen LogP contribution in [0.25, 0.3) is 6.08 Å². The average molecular weight is 405 g/mol. The van der Waals surface area contributed by atoms with E-state index in [1.807, 2.05) is 0 Å². The maximum Gasteiger partial charge on any atom is 0.293 e. The molecule has 0 radical (unpaired) electrons. The van der Waals surface area contributed by atoms with Gasteiger partial charge in [-0.2, -0.15) is 0 Å². The zero-order valence-corrected chi connectivity index (χ0v) is 15.5. The fourth-order valence-corrected chi connectivity index (χ4v) is 3.51. The van der Waals surface area contributed by atoms with Crippen molar-refractivity contribution in [3.05, 3.63) is 75.4 Å². The molecule has 3 amide bonds. The third kappa shape index (κ3) is 4.56. The molecule has 1 aliphatic heterocycles. The molecule has 2 aromatic carbocycles. The van der Waals surface area contributed by atoms with Crippen LogP contribution in [0.4, 0.5) is 9.18 Å². The highest BCUT2D eigenvalue weighted by atomic mass is 35.5. The van der Waals surface area contributed by atoms with Crippen molar-refractivity contribution in [1.82, 2.24) is 10.2 Å². The van der Waals surface area contributed by atoms with E-state index in [1.54, 1.807) is 24.3 Å². The Labute approximate surface area is 164 Å². The minimum absolute atomic E-state index is 0.0433. The van der Waals surface area contributed by atoms with Crippen LogP contribution >= 0.6 is 23.4 Å². The fourth-order valence-electron chi connectivity index (χ4n) is 2.42. The van der Waals surface area contributed by atoms with E-state index in [-0.39, 0.29) is 29.7 Å². The molecule has 2 aromatic rings. The summed E-state index contributed by atoms with van der Waals surface area (Å²) in [6.07, 6.45) is 1.53. The number of benzene rings is 2. The Morgan fingerprint density at radius 1 is 1.15 bits per heavy atom. The lowest BCUT2D eigenvalue weighted by molar-refractivity contribution is -0.122. The van der Waals surface area contributed by atoms with Gasteiger partial charge in [-0.3, -0.25) is 19.3 Å². The van der Waals surface area contributed by atoms with Gasteiger partial charge in [0.05, 0.1) is 15.5 Å². The first kappa shape index (κ1) is 19.1. The van der Waals surface area contributed by atoms with Crippen LogP contribution in [0.1, 0.15) is 15.9 Å². The van der Waals surface area contributed by atoms with E-state index in [0.717, 1.165) is 16.7 Å². The second-order valence-electron chi connectivity index (χ2n) is 5.62. The first-order valence-electron chi connectivity index (χ1n) is 7.99. The second-order valence-corrected chi connectivity index (χ2v) is 7.02. The van der Waals surface area contributed by atoms with Crippen molar-refractivity contribution >= 4 is 46.5 Å². The number of thioether (sulfide) groups is 1. The van der Waals surface area contributed by atoms with E-state index in [9.17, 15) is 18.8 Å². The number of nitrogens with one attached hydrogen (secondary N) is 1. The average Bonchev–Trinajstić information content (AvgIpc) is 2.91. The molecule has 0 bridgehead atoms. The summed E-state index contributed by atoms with van der Waals surface area (Å²) in [5, 5.41) is 2.54. The molecule has 1 N–H and O–H groups in total. The highest BCUT2D eigenvalue weighted by Crippen LogP contribution is 2.31. The molecule has 0 aliphatic carbocycles. The van der Waals surface area contributed by atoms with Crippen LogP contribution in [-0.4, -0.2) is 35.0 Å². The zero-order valence-electron chi connectivity index (χ0n) is 13.9. The standard InChI is InChI=1S/C19H14ClFN2O3S/c20-15-4-2-1-3-14(15)17(24)22-9-10-23-18(25)16(27-19(23)26)11-12-5-7-13(21)8-6-12/h1-8,11H,9-10H2,(H,22,24)/b16-11-. The fraction of sp³-hybridized carbons (Fsp3) is 0.105. The highest BCUT2D eigenvalue weighted by molar-refractivity contribution is 8.18. The Morgan fingerprint density at radius 3 is 2.56 bits per heavy atom. The van der Waals surface area contributed by atoms with Gasteiger partial charge in [-0.15, -0.1) is 0 Å². The molecule has 1 aliphatic rings. The van der Waals surface area contributed by atoms with E-state index in [0.29, 0.717) is 16.1 Å². The molecule has 1 fully saturated rings. The van der Waals surface area contributed by atoms with Crippen molar-refractivity contribution in [2.75, 3.05) is 13.1 Å². The number of carbonyl (C=O) groups is 3. The predicted molar refractivity (Wildman–Crippen MR) is 103 cm³/mol. The van der Waals surface area contributed by atoms with Crippen LogP contribution in [0, 0.1) is 5.82 Å². The third-order valence-electron chi connectivity index (χ3n) is 3.78. The van der Waals surface area contributed by atoms with E-state index in [4.69, 9.17) is 11.6 Å². The predicted octanol–water partition coefficient (Wildman–Crippen LogP) is 3.95. The molecule has 1 heterocycles. The van der Waals surface area contributed by atoms with Gasteiger partial charge < -0.3 is 5.32 Å². The van der Waals surface area contributed by atoms with Crippen LogP contribution in [0.3, 0.4) is 0 Å². The van der Waals surface area contributed by atoms with Crippen LogP contribution in [0.15, 0.2) is 53.4 Å². The van der Waals surface area contributed by atoms with Crippen molar-refractivity contribution in [1.29, 1.82) is 0 Å². The van der Waals surface area contributed by atoms with E-state index < -0.39 is 11.1 Å². The monoisotopic (exact) mass is 404 g/mol. The molecule has 5 nitrogen and oxygen atoms in total. The van der Waals surface area contributed by atoms with E-state index >= 15 is 0 Å². The van der Waals surface area contributed by atoms with Crippen molar-refractivity contribution in [2.24, 2.45) is 0 Å². The number of rotatable bonds is 5. The Balaban J connectivity index is 1.60. The summed E-state index contributed by atoms with van der Waals surface area (Å²) in [5.74, 6) is -1.20. The first-order valence-corrected chi connectivity index (χ1v) is 9.19. The maximum absolute atomic E-state index is 13.0. The molecule has 0 spiro atoms. The van der Waals surface area contributed by atoms with Crippen molar-refractivity contribution in [2.45, 2.75) is 0 Å². The highest BCUT2D eigenvalue weighted by Gasteiger charge is 2.34. The van der Waals surface area contributed by atoms with Crippen molar-refractivity contribution in [3.63, 3.8) is 0 Å². The lowest BCUT2D eigenvalue weighted by atomic mass is 10.2. The number of hydrogen-bond donors (Lipinski definition) is 1. The molecular weight excluding hydrogens is 391 g/mol. The molecule has 0 saturated carbocycles. The van der Waals surface area contributed by atoms with Crippen LogP contribution in [0.2, 0.25) is 5.02 Å². The number of halogens is 2. The number of hydrogen-bond acceptors (Lipinski definition) is 4. The molecule has 0 unspecified atom stereocenters. The quantitative estimate of drug-likeness (QED) is 0.766. The largest absolute Gasteiger partial charge is 0.350 e. The van der Waals surface area contributed by atoms with Crippen molar-refractivity contribution < 1.29 is 18.8 Å². The van der Waals surface area contributed by atoms with Gasteiger partial charge in [0, 0.05) is 13.1 Å². The first-order chi connectivity index (χ1) is 13.0. The summed E-state index contributed by atoms with van der Waals surface area (Å²) < 4.78 is 13.0. The van der Waals surface area contributed by atoms with Crippen LogP contribution < -0.4 is 5.32 Å². The second kappa shape index (κ2) is 8.37. The minimum Gasteiger partial charge on any atom is -0.350 e. The van der Waals surface area contributed by atoms with Gasteiger partial charge in [-0.25, -0.2) is 4.39 Å². The number of carbonyl (C=O) groups excluding carboxylic acids is 3. The Morgan fingerprint density at radius 2 is 1.85 bits per heavy atom. The van der Waals surface area contributed by atoms with Gasteiger partial charge in [0.15, 0.2) is 0 Å². The van der Waals surface area contributed by atoms with Crippen molar-refractivity contribution in [3.8, 4) is 0 Å². The summed E-state index contributed by atoms with van der Waals surface area (Å²) in [6.45, 7) is 0.146. The summed E-state index contributed by atoms with van der Waals surface area (Å²) in [4.78, 5) is 37.9. The molecule has 0 aromatic heterocycles. The molecule has 0 atom stereocenters. The summed E-state index contributed by atoms with van der Waals surface area (Å²) in [6, 6.07) is 12.2. The molecule has 27 heavy (non-hydrogen) atoms. The third-order valence-corrected chi connectivity index (χ3v) is 5.02. The molecule has 1 saturated heterocycles. The van der Waals surface area contributed by atoms with Gasteiger partial charge in [0.2, 0.25) is 0 Å². The zero-order chi connectivity index (χ0) is 19.4. The Bertz CT molecular complexity index is 931. The molecule has 138 valence electrons. The number of imide groups is 1. The van der Waals surface area contributed by atoms with Gasteiger partial charge >= 0.3 is 0 Å². The molecular formula is C19H14ClFN2O3S. The Kier molecular flexibility index (Phi) is 5.93. The topological polar surface area (TPSA) is 66.5 Å². The van der Waals surface area contributed by atoms with E-state index in [2.05, 4.69) is 5.32 Å². The summed E-state index contributed by atoms with van der Waals surface area (Å²) >= 11 is 6.77. The maximum atomic E-state index is 13.0. The van der Waals surface area contributed by atoms with E-state index in [1.165, 1.54) is 30.3 Å². The van der Waals surface area contributed by atoms with Crippen LogP contribution in [-0.2, 0) is 4.79 Å². The SMILES string of the molecule is O=C(NCCN1C(=O)S/C(=C\c2ccc(F)cc2)C1=O)c1ccccc1Cl. The smallest absolute Gasteiger partial charge is 0.293 e. The lowest BCUT2D eigenvalue weighted by Gasteiger charge is -2.13. The van der Waals surface area contributed by atoms with Gasteiger partial charge in [-0.1, -0.05) is 35.9 Å². The molecule has 8 heteroatoms. The number of amides is 3. The molecule has 3 rings (SSSR count). The Hall–Kier alpha value is -2.64. The van der Waals surface area contributed by atoms with Gasteiger partial charge in [0.1, 0.15) is 5.82 Å². The summed E-state index contributed by atoms with van der Waals surface area (Å²) in [7, 11) is 0. The normalized spacial score (nSPS) is 15.5. The lowest BCUT2D eigenvalue weighted by Crippen LogP contribution is -2.37. The van der Waals surface area contributed by atoms with Gasteiger partial charge in [-0.05, 0) is 47.7 Å². The minimum atomic E-state index is -0.443. The van der Waals surface area contributed by atoms with Crippen LogP contribution in [0.5, 0.6) is 0 Å². The number of nitrogens with zero attached hydrogens (tertiary/aromatic N) is 1.